The predicted molar refractivity (Wildman–Crippen MR) is 90.8 cm³/mol. The number of aromatic amines is 1. The van der Waals surface area contributed by atoms with Crippen molar-refractivity contribution in [3.05, 3.63) is 59.2 Å². The van der Waals surface area contributed by atoms with E-state index in [0.29, 0.717) is 24.2 Å². The summed E-state index contributed by atoms with van der Waals surface area (Å²) >= 11 is 0. The number of fused-ring (bicyclic) bond motifs is 1. The molecule has 0 saturated carbocycles. The molecule has 2 N–H and O–H groups in total. The van der Waals surface area contributed by atoms with Gasteiger partial charge in [-0.15, -0.1) is 0 Å². The van der Waals surface area contributed by atoms with Crippen LogP contribution in [0.25, 0.3) is 11.0 Å². The van der Waals surface area contributed by atoms with E-state index in [4.69, 9.17) is 4.74 Å². The molecule has 0 aliphatic rings. The second-order valence-corrected chi connectivity index (χ2v) is 5.61. The van der Waals surface area contributed by atoms with Gasteiger partial charge in [-0.2, -0.15) is 13.2 Å². The lowest BCUT2D eigenvalue weighted by molar-refractivity contribution is -0.137. The first-order valence-corrected chi connectivity index (χ1v) is 7.92. The fourth-order valence-corrected chi connectivity index (χ4v) is 2.44. The maximum absolute atomic E-state index is 12.8. The third kappa shape index (κ3) is 4.02. The molecule has 1 aromatic heterocycles. The fraction of sp³-hybridized carbons (Fsp3) is 0.222. The van der Waals surface area contributed by atoms with Crippen LogP contribution >= 0.6 is 0 Å². The zero-order chi connectivity index (χ0) is 18.7. The molecule has 136 valence electrons. The highest BCUT2D eigenvalue weighted by Crippen LogP contribution is 2.29. The smallest absolute Gasteiger partial charge is 0.377 e. The van der Waals surface area contributed by atoms with Crippen LogP contribution in [0.2, 0.25) is 0 Å². The van der Waals surface area contributed by atoms with Gasteiger partial charge in [0.2, 0.25) is 5.95 Å². The van der Waals surface area contributed by atoms with Gasteiger partial charge in [0.05, 0.1) is 23.2 Å². The summed E-state index contributed by atoms with van der Waals surface area (Å²) in [7, 11) is 0. The molecule has 3 aromatic rings. The topological polar surface area (TPSA) is 67.0 Å². The molecule has 0 aliphatic carbocycles. The summed E-state index contributed by atoms with van der Waals surface area (Å²) in [4.78, 5) is 19.4. The number of benzene rings is 2. The van der Waals surface area contributed by atoms with Crippen molar-refractivity contribution in [2.75, 3.05) is 11.9 Å². The Morgan fingerprint density at radius 2 is 2.04 bits per heavy atom. The van der Waals surface area contributed by atoms with E-state index in [1.165, 1.54) is 12.1 Å². The first-order chi connectivity index (χ1) is 12.4. The molecule has 2 aromatic carbocycles. The number of ether oxygens (including phenoxy) is 1. The van der Waals surface area contributed by atoms with Gasteiger partial charge in [0, 0.05) is 12.2 Å². The van der Waals surface area contributed by atoms with Crippen molar-refractivity contribution in [3.63, 3.8) is 0 Å². The Balaban J connectivity index is 1.79. The van der Waals surface area contributed by atoms with Crippen molar-refractivity contribution in [1.29, 1.82) is 0 Å². The number of alkyl halides is 3. The predicted octanol–water partition coefficient (Wildman–Crippen LogP) is 4.37. The van der Waals surface area contributed by atoms with Crippen molar-refractivity contribution >= 4 is 22.9 Å². The van der Waals surface area contributed by atoms with Crippen LogP contribution in [0.3, 0.4) is 0 Å². The quantitative estimate of drug-likeness (QED) is 0.707. The van der Waals surface area contributed by atoms with Crippen LogP contribution in [0.15, 0.2) is 42.5 Å². The number of anilines is 1. The summed E-state index contributed by atoms with van der Waals surface area (Å²) < 4.78 is 43.6. The van der Waals surface area contributed by atoms with E-state index in [0.717, 1.165) is 17.7 Å². The second-order valence-electron chi connectivity index (χ2n) is 5.61. The number of carbonyl (C=O) groups excluding carboxylic acids is 1. The number of aromatic nitrogens is 2. The van der Waals surface area contributed by atoms with Gasteiger partial charge in [-0.1, -0.05) is 12.1 Å². The highest BCUT2D eigenvalue weighted by Gasteiger charge is 2.30. The standard InChI is InChI=1S/C18H16F3N3O2/c1-2-26-10-11-6-7-14-15(8-11)23-17(22-14)24-16(25)12-4-3-5-13(9-12)18(19,20)21/h3-9H,2,10H2,1H3,(H2,22,23,24,25). The molecule has 26 heavy (non-hydrogen) atoms. The lowest BCUT2D eigenvalue weighted by Gasteiger charge is -2.08. The number of halogens is 3. The van der Waals surface area contributed by atoms with Gasteiger partial charge in [0.1, 0.15) is 0 Å². The Morgan fingerprint density at radius 3 is 2.77 bits per heavy atom. The maximum atomic E-state index is 12.8. The normalized spacial score (nSPS) is 11.7. The number of amides is 1. The number of hydrogen-bond donors (Lipinski definition) is 2. The SMILES string of the molecule is CCOCc1ccc2nc(NC(=O)c3cccc(C(F)(F)F)c3)[nH]c2c1. The molecule has 5 nitrogen and oxygen atoms in total. The van der Waals surface area contributed by atoms with Gasteiger partial charge in [-0.05, 0) is 42.8 Å². The minimum atomic E-state index is -4.51. The Labute approximate surface area is 147 Å². The lowest BCUT2D eigenvalue weighted by atomic mass is 10.1. The van der Waals surface area contributed by atoms with Crippen LogP contribution in [0.1, 0.15) is 28.4 Å². The van der Waals surface area contributed by atoms with Crippen LogP contribution in [0, 0.1) is 0 Å². The number of imidazole rings is 1. The molecule has 0 bridgehead atoms. The third-order valence-electron chi connectivity index (χ3n) is 3.70. The summed E-state index contributed by atoms with van der Waals surface area (Å²) in [5, 5.41) is 2.48. The van der Waals surface area contributed by atoms with Crippen LogP contribution in [0.4, 0.5) is 19.1 Å². The number of rotatable bonds is 5. The van der Waals surface area contributed by atoms with E-state index < -0.39 is 17.6 Å². The van der Waals surface area contributed by atoms with Gasteiger partial charge in [0.25, 0.3) is 5.91 Å². The molecule has 1 amide bonds. The highest BCUT2D eigenvalue weighted by molar-refractivity contribution is 6.04. The summed E-state index contributed by atoms with van der Waals surface area (Å²) in [6.07, 6.45) is -4.51. The number of nitrogens with one attached hydrogen (secondary N) is 2. The van der Waals surface area contributed by atoms with Crippen LogP contribution in [-0.4, -0.2) is 22.5 Å². The van der Waals surface area contributed by atoms with Gasteiger partial charge in [-0.3, -0.25) is 10.1 Å². The Hall–Kier alpha value is -2.87. The zero-order valence-corrected chi connectivity index (χ0v) is 13.9. The molecular weight excluding hydrogens is 347 g/mol. The molecule has 0 fully saturated rings. The van der Waals surface area contributed by atoms with Crippen molar-refractivity contribution in [2.45, 2.75) is 19.7 Å². The summed E-state index contributed by atoms with van der Waals surface area (Å²) in [6.45, 7) is 2.95. The summed E-state index contributed by atoms with van der Waals surface area (Å²) in [5.74, 6) is -0.513. The number of carbonyl (C=O) groups is 1. The van der Waals surface area contributed by atoms with Gasteiger partial charge >= 0.3 is 6.18 Å². The van der Waals surface area contributed by atoms with Crippen molar-refractivity contribution in [3.8, 4) is 0 Å². The second kappa shape index (κ2) is 7.17. The fourth-order valence-electron chi connectivity index (χ4n) is 2.44. The van der Waals surface area contributed by atoms with E-state index in [-0.39, 0.29) is 11.5 Å². The monoisotopic (exact) mass is 363 g/mol. The Morgan fingerprint density at radius 1 is 1.23 bits per heavy atom. The Bertz CT molecular complexity index is 935. The Kier molecular flexibility index (Phi) is 4.94. The highest BCUT2D eigenvalue weighted by atomic mass is 19.4. The first kappa shape index (κ1) is 17.9. The van der Waals surface area contributed by atoms with Gasteiger partial charge in [-0.25, -0.2) is 4.98 Å². The zero-order valence-electron chi connectivity index (χ0n) is 13.9. The molecule has 0 atom stereocenters. The minimum absolute atomic E-state index is 0.0997. The number of H-pyrrole nitrogens is 1. The molecule has 1 heterocycles. The molecule has 0 saturated heterocycles. The lowest BCUT2D eigenvalue weighted by Crippen LogP contribution is -2.14. The molecule has 0 unspecified atom stereocenters. The van der Waals surface area contributed by atoms with Crippen molar-refractivity contribution < 1.29 is 22.7 Å². The van der Waals surface area contributed by atoms with Crippen LogP contribution in [0.5, 0.6) is 0 Å². The average Bonchev–Trinajstić information content (AvgIpc) is 3.00. The largest absolute Gasteiger partial charge is 0.416 e. The van der Waals surface area contributed by atoms with Crippen LogP contribution in [-0.2, 0) is 17.5 Å². The van der Waals surface area contributed by atoms with Gasteiger partial charge in [0.15, 0.2) is 0 Å². The van der Waals surface area contributed by atoms with Gasteiger partial charge < -0.3 is 9.72 Å². The minimum Gasteiger partial charge on any atom is -0.377 e. The molecule has 0 spiro atoms. The van der Waals surface area contributed by atoms with Crippen molar-refractivity contribution in [2.24, 2.45) is 0 Å². The summed E-state index contributed by atoms with van der Waals surface area (Å²) in [5.41, 5.74) is 1.29. The molecular formula is C18H16F3N3O2. The number of nitrogens with zero attached hydrogens (tertiary/aromatic N) is 1. The van der Waals surface area contributed by atoms with E-state index in [2.05, 4.69) is 15.3 Å². The molecule has 0 radical (unpaired) electrons. The van der Waals surface area contributed by atoms with E-state index in [9.17, 15) is 18.0 Å². The molecule has 3 rings (SSSR count). The molecule has 8 heteroatoms. The average molecular weight is 363 g/mol. The van der Waals surface area contributed by atoms with E-state index >= 15 is 0 Å². The van der Waals surface area contributed by atoms with Crippen LogP contribution < -0.4 is 5.32 Å². The van der Waals surface area contributed by atoms with E-state index in [1.54, 1.807) is 6.07 Å². The number of hydrogen-bond acceptors (Lipinski definition) is 3. The first-order valence-electron chi connectivity index (χ1n) is 7.92. The third-order valence-corrected chi connectivity index (χ3v) is 3.70. The molecule has 0 aliphatic heterocycles. The maximum Gasteiger partial charge on any atom is 0.416 e. The summed E-state index contributed by atoms with van der Waals surface area (Å²) in [6, 6.07) is 9.70. The van der Waals surface area contributed by atoms with Crippen molar-refractivity contribution in [1.82, 2.24) is 9.97 Å². The van der Waals surface area contributed by atoms with E-state index in [1.807, 2.05) is 19.1 Å².